The Hall–Kier alpha value is -1.41. The molecule has 0 saturated carbocycles. The van der Waals surface area contributed by atoms with Crippen LogP contribution in [0.2, 0.25) is 0 Å². The van der Waals surface area contributed by atoms with Crippen molar-refractivity contribution >= 4 is 31.8 Å². The molecule has 0 spiro atoms. The fourth-order valence-electron chi connectivity index (χ4n) is 1.30. The Labute approximate surface area is 113 Å². The molecule has 0 bridgehead atoms. The molecule has 8 heteroatoms. The van der Waals surface area contributed by atoms with E-state index in [4.69, 9.17) is 0 Å². The third kappa shape index (κ3) is 2.88. The molecule has 0 unspecified atom stereocenters. The number of aromatic nitrogens is 3. The van der Waals surface area contributed by atoms with E-state index in [1.165, 1.54) is 18.7 Å². The molecule has 1 N–H and O–H groups in total. The minimum atomic E-state index is -3.68. The van der Waals surface area contributed by atoms with Gasteiger partial charge >= 0.3 is 0 Å². The highest BCUT2D eigenvalue weighted by atomic mass is 79.9. The number of pyridine rings is 1. The van der Waals surface area contributed by atoms with Gasteiger partial charge in [-0.15, -0.1) is 0 Å². The molecule has 6 nitrogen and oxygen atoms in total. The van der Waals surface area contributed by atoms with Crippen LogP contribution in [-0.2, 0) is 16.6 Å². The molecule has 2 rings (SSSR count). The Kier molecular flexibility index (Phi) is 3.67. The van der Waals surface area contributed by atoms with Crippen molar-refractivity contribution in [1.82, 2.24) is 14.5 Å². The number of imidazole rings is 1. The number of halogens is 1. The third-order valence-electron chi connectivity index (χ3n) is 2.21. The van der Waals surface area contributed by atoms with Gasteiger partial charge in [0.2, 0.25) is 0 Å². The quantitative estimate of drug-likeness (QED) is 0.928. The average molecular weight is 331 g/mol. The number of sulfonamides is 1. The van der Waals surface area contributed by atoms with Gasteiger partial charge in [-0.2, -0.15) is 8.42 Å². The summed E-state index contributed by atoms with van der Waals surface area (Å²) < 4.78 is 28.8. The predicted octanol–water partition coefficient (Wildman–Crippen LogP) is 1.86. The van der Waals surface area contributed by atoms with Crippen LogP contribution in [0.5, 0.6) is 0 Å². The smallest absolute Gasteiger partial charge is 0.282 e. The van der Waals surface area contributed by atoms with Gasteiger partial charge in [0.05, 0.1) is 6.33 Å². The van der Waals surface area contributed by atoms with Gasteiger partial charge in [0.1, 0.15) is 5.82 Å². The molecule has 2 aromatic heterocycles. The second kappa shape index (κ2) is 5.07. The lowest BCUT2D eigenvalue weighted by molar-refractivity contribution is 0.598. The predicted molar refractivity (Wildman–Crippen MR) is 70.6 cm³/mol. The van der Waals surface area contributed by atoms with E-state index in [1.807, 2.05) is 6.92 Å². The standard InChI is InChI=1S/C10H11BrN4O2S/c1-2-15-6-10(13-7-15)18(16,17)14-9-5-8(11)3-4-12-9/h3-7H,2H2,1H3,(H,12,14). The number of hydrogen-bond acceptors (Lipinski definition) is 4. The van der Waals surface area contributed by atoms with Crippen LogP contribution in [0.1, 0.15) is 6.92 Å². The lowest BCUT2D eigenvalue weighted by Crippen LogP contribution is -2.14. The minimum absolute atomic E-state index is 0.0221. The van der Waals surface area contributed by atoms with Gasteiger partial charge in [0.15, 0.2) is 5.03 Å². The molecule has 96 valence electrons. The Morgan fingerprint density at radius 3 is 2.83 bits per heavy atom. The molecule has 0 aliphatic rings. The molecule has 0 amide bonds. The monoisotopic (exact) mass is 330 g/mol. The summed E-state index contributed by atoms with van der Waals surface area (Å²) in [7, 11) is -3.68. The summed E-state index contributed by atoms with van der Waals surface area (Å²) in [4.78, 5) is 7.77. The van der Waals surface area contributed by atoms with E-state index < -0.39 is 10.0 Å². The van der Waals surface area contributed by atoms with Crippen molar-refractivity contribution in [3.63, 3.8) is 0 Å². The molecular weight excluding hydrogens is 320 g/mol. The first kappa shape index (κ1) is 13.0. The number of nitrogens with zero attached hydrogens (tertiary/aromatic N) is 3. The van der Waals surface area contributed by atoms with Crippen LogP contribution in [-0.4, -0.2) is 23.0 Å². The summed E-state index contributed by atoms with van der Waals surface area (Å²) in [5.74, 6) is 0.246. The van der Waals surface area contributed by atoms with Gasteiger partial charge in [-0.1, -0.05) is 15.9 Å². The van der Waals surface area contributed by atoms with E-state index >= 15 is 0 Å². The topological polar surface area (TPSA) is 76.9 Å². The van der Waals surface area contributed by atoms with Crippen LogP contribution in [0, 0.1) is 0 Å². The van der Waals surface area contributed by atoms with E-state index in [9.17, 15) is 8.42 Å². The fraction of sp³-hybridized carbons (Fsp3) is 0.200. The zero-order valence-corrected chi connectivity index (χ0v) is 11.9. The molecule has 2 heterocycles. The molecule has 0 atom stereocenters. The average Bonchev–Trinajstić information content (AvgIpc) is 2.77. The van der Waals surface area contributed by atoms with Crippen LogP contribution in [0.25, 0.3) is 0 Å². The first-order chi connectivity index (χ1) is 8.51. The molecule has 0 saturated heterocycles. The summed E-state index contributed by atoms with van der Waals surface area (Å²) in [6.45, 7) is 2.57. The Morgan fingerprint density at radius 1 is 1.44 bits per heavy atom. The minimum Gasteiger partial charge on any atom is -0.336 e. The molecule has 18 heavy (non-hydrogen) atoms. The summed E-state index contributed by atoms with van der Waals surface area (Å²) >= 11 is 3.25. The number of aryl methyl sites for hydroxylation is 1. The highest BCUT2D eigenvalue weighted by Gasteiger charge is 2.17. The lowest BCUT2D eigenvalue weighted by atomic mass is 10.5. The van der Waals surface area contributed by atoms with Crippen molar-refractivity contribution < 1.29 is 8.42 Å². The number of rotatable bonds is 4. The van der Waals surface area contributed by atoms with E-state index in [2.05, 4.69) is 30.6 Å². The van der Waals surface area contributed by atoms with Crippen LogP contribution < -0.4 is 4.72 Å². The first-order valence-electron chi connectivity index (χ1n) is 5.17. The van der Waals surface area contributed by atoms with Crippen LogP contribution in [0.15, 0.2) is 40.4 Å². The van der Waals surface area contributed by atoms with Gasteiger partial charge in [0.25, 0.3) is 10.0 Å². The highest BCUT2D eigenvalue weighted by molar-refractivity contribution is 9.10. The molecule has 0 radical (unpaired) electrons. The maximum absolute atomic E-state index is 12.0. The van der Waals surface area contributed by atoms with Gasteiger partial charge in [-0.05, 0) is 19.1 Å². The summed E-state index contributed by atoms with van der Waals surface area (Å²) in [6.07, 6.45) is 4.45. The third-order valence-corrected chi connectivity index (χ3v) is 3.94. The Balaban J connectivity index is 2.27. The zero-order valence-electron chi connectivity index (χ0n) is 9.54. The molecule has 2 aromatic rings. The van der Waals surface area contributed by atoms with E-state index in [1.54, 1.807) is 16.7 Å². The van der Waals surface area contributed by atoms with Crippen molar-refractivity contribution in [2.24, 2.45) is 0 Å². The second-order valence-corrected chi connectivity index (χ2v) is 6.05. The largest absolute Gasteiger partial charge is 0.336 e. The SMILES string of the molecule is CCn1cnc(S(=O)(=O)Nc2cc(Br)ccn2)c1. The normalized spacial score (nSPS) is 11.4. The molecule has 0 aromatic carbocycles. The van der Waals surface area contributed by atoms with Gasteiger partial charge in [0, 0.05) is 23.4 Å². The fourth-order valence-corrected chi connectivity index (χ4v) is 2.59. The number of anilines is 1. The maximum atomic E-state index is 12.0. The van der Waals surface area contributed by atoms with Gasteiger partial charge in [-0.25, -0.2) is 9.97 Å². The number of hydrogen-bond donors (Lipinski definition) is 1. The van der Waals surface area contributed by atoms with Crippen molar-refractivity contribution in [2.75, 3.05) is 4.72 Å². The van der Waals surface area contributed by atoms with E-state index in [-0.39, 0.29) is 10.8 Å². The van der Waals surface area contributed by atoms with Crippen LogP contribution in [0.3, 0.4) is 0 Å². The number of nitrogens with one attached hydrogen (secondary N) is 1. The van der Waals surface area contributed by atoms with Crippen molar-refractivity contribution in [2.45, 2.75) is 18.5 Å². The van der Waals surface area contributed by atoms with E-state index in [0.29, 0.717) is 6.54 Å². The molecule has 0 aliphatic carbocycles. The van der Waals surface area contributed by atoms with Crippen molar-refractivity contribution in [3.05, 3.63) is 35.3 Å². The summed E-state index contributed by atoms with van der Waals surface area (Å²) in [5, 5.41) is -0.0221. The highest BCUT2D eigenvalue weighted by Crippen LogP contribution is 2.16. The lowest BCUT2D eigenvalue weighted by Gasteiger charge is -2.04. The van der Waals surface area contributed by atoms with Crippen molar-refractivity contribution in [3.8, 4) is 0 Å². The Morgan fingerprint density at radius 2 is 2.22 bits per heavy atom. The van der Waals surface area contributed by atoms with Gasteiger partial charge in [-0.3, -0.25) is 4.72 Å². The van der Waals surface area contributed by atoms with E-state index in [0.717, 1.165) is 4.47 Å². The molecule has 0 fully saturated rings. The first-order valence-corrected chi connectivity index (χ1v) is 7.45. The summed E-state index contributed by atoms with van der Waals surface area (Å²) in [6, 6.07) is 3.29. The van der Waals surface area contributed by atoms with Crippen LogP contribution in [0.4, 0.5) is 5.82 Å². The van der Waals surface area contributed by atoms with Crippen LogP contribution >= 0.6 is 15.9 Å². The summed E-state index contributed by atoms with van der Waals surface area (Å²) in [5.41, 5.74) is 0. The maximum Gasteiger partial charge on any atom is 0.282 e. The van der Waals surface area contributed by atoms with Gasteiger partial charge < -0.3 is 4.57 Å². The molecular formula is C10H11BrN4O2S. The Bertz CT molecular complexity index is 653. The molecule has 0 aliphatic heterocycles. The second-order valence-electron chi connectivity index (χ2n) is 3.51. The van der Waals surface area contributed by atoms with Crippen molar-refractivity contribution in [1.29, 1.82) is 0 Å². The zero-order chi connectivity index (χ0) is 13.2.